The summed E-state index contributed by atoms with van der Waals surface area (Å²) in [6, 6.07) is 0. The number of ether oxygens (including phenoxy) is 2. The monoisotopic (exact) mass is 239 g/mol. The van der Waals surface area contributed by atoms with Crippen LogP contribution < -0.4 is 0 Å². The fourth-order valence-corrected chi connectivity index (χ4v) is 2.51. The zero-order valence-corrected chi connectivity index (χ0v) is 10.6. The standard InChI is InChI=1S/C13H21NO3/c1-3-16-12(15)13(8-7-11(2)17-13)14-9-5-4-6-10-14/h7-8,11H,3-6,9-10H2,1-2H3. The quantitative estimate of drug-likeness (QED) is 0.555. The van der Waals surface area contributed by atoms with Crippen LogP contribution in [0.2, 0.25) is 0 Å². The molecule has 0 amide bonds. The number of rotatable bonds is 3. The Bertz CT molecular complexity index is 310. The minimum Gasteiger partial charge on any atom is -0.463 e. The predicted molar refractivity (Wildman–Crippen MR) is 64.5 cm³/mol. The molecule has 17 heavy (non-hydrogen) atoms. The molecule has 0 saturated carbocycles. The van der Waals surface area contributed by atoms with Gasteiger partial charge in [-0.15, -0.1) is 0 Å². The van der Waals surface area contributed by atoms with E-state index in [0.717, 1.165) is 25.9 Å². The molecule has 2 aliphatic rings. The van der Waals surface area contributed by atoms with E-state index in [1.54, 1.807) is 0 Å². The van der Waals surface area contributed by atoms with Gasteiger partial charge in [0.05, 0.1) is 12.7 Å². The van der Waals surface area contributed by atoms with Crippen molar-refractivity contribution in [2.45, 2.75) is 44.9 Å². The molecule has 1 fully saturated rings. The van der Waals surface area contributed by atoms with Crippen LogP contribution in [0.3, 0.4) is 0 Å². The Hall–Kier alpha value is -0.870. The fourth-order valence-electron chi connectivity index (χ4n) is 2.51. The van der Waals surface area contributed by atoms with Gasteiger partial charge < -0.3 is 9.47 Å². The lowest BCUT2D eigenvalue weighted by Gasteiger charge is -2.39. The second-order valence-electron chi connectivity index (χ2n) is 4.65. The first-order valence-electron chi connectivity index (χ1n) is 6.48. The minimum absolute atomic E-state index is 0.0265. The Labute approximate surface area is 103 Å². The van der Waals surface area contributed by atoms with Gasteiger partial charge in [0.2, 0.25) is 5.72 Å². The van der Waals surface area contributed by atoms with Crippen LogP contribution in [0.1, 0.15) is 33.1 Å². The van der Waals surface area contributed by atoms with E-state index in [9.17, 15) is 4.79 Å². The van der Waals surface area contributed by atoms with Gasteiger partial charge in [0, 0.05) is 13.1 Å². The summed E-state index contributed by atoms with van der Waals surface area (Å²) in [7, 11) is 0. The lowest BCUT2D eigenvalue weighted by molar-refractivity contribution is -0.192. The molecule has 4 heteroatoms. The molecular weight excluding hydrogens is 218 g/mol. The number of likely N-dealkylation sites (tertiary alicyclic amines) is 1. The number of nitrogens with zero attached hydrogens (tertiary/aromatic N) is 1. The molecule has 2 atom stereocenters. The molecule has 0 aromatic heterocycles. The van der Waals surface area contributed by atoms with Crippen molar-refractivity contribution in [1.82, 2.24) is 4.90 Å². The maximum absolute atomic E-state index is 12.2. The van der Waals surface area contributed by atoms with Crippen molar-refractivity contribution in [3.8, 4) is 0 Å². The number of esters is 1. The van der Waals surface area contributed by atoms with Gasteiger partial charge in [0.25, 0.3) is 0 Å². The molecule has 0 N–H and O–H groups in total. The predicted octanol–water partition coefficient (Wildman–Crippen LogP) is 1.71. The van der Waals surface area contributed by atoms with Crippen molar-refractivity contribution in [3.05, 3.63) is 12.2 Å². The summed E-state index contributed by atoms with van der Waals surface area (Å²) in [6.45, 7) is 5.96. The summed E-state index contributed by atoms with van der Waals surface area (Å²) < 4.78 is 11.0. The molecule has 0 bridgehead atoms. The Morgan fingerprint density at radius 3 is 2.71 bits per heavy atom. The third-order valence-electron chi connectivity index (χ3n) is 3.35. The topological polar surface area (TPSA) is 38.8 Å². The average Bonchev–Trinajstić information content (AvgIpc) is 2.74. The molecule has 1 saturated heterocycles. The Balaban J connectivity index is 2.18. The van der Waals surface area contributed by atoms with Crippen molar-refractivity contribution in [2.75, 3.05) is 19.7 Å². The molecule has 2 rings (SSSR count). The number of piperidine rings is 1. The summed E-state index contributed by atoms with van der Waals surface area (Å²) in [5, 5.41) is 0. The highest BCUT2D eigenvalue weighted by molar-refractivity contribution is 5.82. The highest BCUT2D eigenvalue weighted by atomic mass is 16.6. The van der Waals surface area contributed by atoms with Gasteiger partial charge in [-0.1, -0.05) is 12.5 Å². The average molecular weight is 239 g/mol. The molecule has 0 aliphatic carbocycles. The summed E-state index contributed by atoms with van der Waals surface area (Å²) in [4.78, 5) is 14.3. The van der Waals surface area contributed by atoms with Gasteiger partial charge in [0.15, 0.2) is 0 Å². The van der Waals surface area contributed by atoms with Crippen LogP contribution in [0.5, 0.6) is 0 Å². The maximum Gasteiger partial charge on any atom is 0.358 e. The molecule has 0 radical (unpaired) electrons. The number of hydrogen-bond acceptors (Lipinski definition) is 4. The molecule has 4 nitrogen and oxygen atoms in total. The molecule has 2 aliphatic heterocycles. The maximum atomic E-state index is 12.2. The lowest BCUT2D eigenvalue weighted by Crippen LogP contribution is -2.56. The Kier molecular flexibility index (Phi) is 3.84. The zero-order valence-electron chi connectivity index (χ0n) is 10.6. The second kappa shape index (κ2) is 5.19. The van der Waals surface area contributed by atoms with Gasteiger partial charge in [0.1, 0.15) is 0 Å². The third kappa shape index (κ3) is 2.38. The summed E-state index contributed by atoms with van der Waals surface area (Å²) in [5.74, 6) is -0.275. The van der Waals surface area contributed by atoms with Crippen LogP contribution in [0, 0.1) is 0 Å². The number of carbonyl (C=O) groups excluding carboxylic acids is 1. The van der Waals surface area contributed by atoms with E-state index in [1.807, 2.05) is 26.0 Å². The first-order chi connectivity index (χ1) is 8.19. The second-order valence-corrected chi connectivity index (χ2v) is 4.65. The van der Waals surface area contributed by atoms with Crippen molar-refractivity contribution in [1.29, 1.82) is 0 Å². The number of hydrogen-bond donors (Lipinski definition) is 0. The Morgan fingerprint density at radius 1 is 1.47 bits per heavy atom. The van der Waals surface area contributed by atoms with Crippen molar-refractivity contribution in [3.63, 3.8) is 0 Å². The number of carbonyl (C=O) groups is 1. The fraction of sp³-hybridized carbons (Fsp3) is 0.769. The smallest absolute Gasteiger partial charge is 0.358 e. The summed E-state index contributed by atoms with van der Waals surface area (Å²) in [6.07, 6.45) is 7.24. The molecule has 2 heterocycles. The van der Waals surface area contributed by atoms with E-state index in [0.29, 0.717) is 6.61 Å². The molecule has 0 aromatic rings. The largest absolute Gasteiger partial charge is 0.463 e. The van der Waals surface area contributed by atoms with Crippen molar-refractivity contribution < 1.29 is 14.3 Å². The van der Waals surface area contributed by atoms with Crippen LogP contribution in [0.25, 0.3) is 0 Å². The highest BCUT2D eigenvalue weighted by Crippen LogP contribution is 2.31. The Morgan fingerprint density at radius 2 is 2.18 bits per heavy atom. The molecule has 0 spiro atoms. The third-order valence-corrected chi connectivity index (χ3v) is 3.35. The van der Waals surface area contributed by atoms with Gasteiger partial charge >= 0.3 is 5.97 Å². The van der Waals surface area contributed by atoms with E-state index in [-0.39, 0.29) is 12.1 Å². The highest BCUT2D eigenvalue weighted by Gasteiger charge is 2.48. The molecule has 96 valence electrons. The van der Waals surface area contributed by atoms with Crippen LogP contribution in [0.4, 0.5) is 0 Å². The van der Waals surface area contributed by atoms with E-state index in [2.05, 4.69) is 4.90 Å². The van der Waals surface area contributed by atoms with Crippen LogP contribution in [0.15, 0.2) is 12.2 Å². The van der Waals surface area contributed by atoms with Crippen LogP contribution >= 0.6 is 0 Å². The van der Waals surface area contributed by atoms with Gasteiger partial charge in [-0.05, 0) is 32.8 Å². The van der Waals surface area contributed by atoms with Gasteiger partial charge in [-0.25, -0.2) is 4.79 Å². The normalized spacial score (nSPS) is 33.9. The van der Waals surface area contributed by atoms with Crippen molar-refractivity contribution in [2.24, 2.45) is 0 Å². The van der Waals surface area contributed by atoms with Crippen molar-refractivity contribution >= 4 is 5.97 Å². The molecule has 0 aromatic carbocycles. The first-order valence-corrected chi connectivity index (χ1v) is 6.48. The SMILES string of the molecule is CCOC(=O)C1(N2CCCCC2)C=CC(C)O1. The van der Waals surface area contributed by atoms with E-state index >= 15 is 0 Å². The lowest BCUT2D eigenvalue weighted by atomic mass is 10.1. The van der Waals surface area contributed by atoms with Crippen LogP contribution in [-0.2, 0) is 14.3 Å². The van der Waals surface area contributed by atoms with E-state index < -0.39 is 5.72 Å². The van der Waals surface area contributed by atoms with E-state index in [4.69, 9.17) is 9.47 Å². The van der Waals surface area contributed by atoms with E-state index in [1.165, 1.54) is 6.42 Å². The van der Waals surface area contributed by atoms with Gasteiger partial charge in [-0.3, -0.25) is 4.90 Å². The summed E-state index contributed by atoms with van der Waals surface area (Å²) >= 11 is 0. The van der Waals surface area contributed by atoms with Gasteiger partial charge in [-0.2, -0.15) is 0 Å². The van der Waals surface area contributed by atoms with Crippen LogP contribution in [-0.4, -0.2) is 42.4 Å². The zero-order chi connectivity index (χ0) is 12.3. The minimum atomic E-state index is -0.962. The summed E-state index contributed by atoms with van der Waals surface area (Å²) in [5.41, 5.74) is -0.962. The molecular formula is C13H21NO3. The first kappa shape index (κ1) is 12.6. The molecule has 2 unspecified atom stereocenters.